The van der Waals surface area contributed by atoms with Crippen molar-refractivity contribution in [3.8, 4) is 0 Å². The minimum Gasteiger partial charge on any atom is -0.339 e. The van der Waals surface area contributed by atoms with Crippen LogP contribution in [-0.2, 0) is 16.4 Å². The molecule has 0 bridgehead atoms. The molecule has 3 rings (SSSR count). The fraction of sp³-hybridized carbons (Fsp3) is 0.389. The molecule has 7 heteroatoms. The fourth-order valence-corrected chi connectivity index (χ4v) is 5.35. The number of rotatable bonds is 5. The Morgan fingerprint density at radius 3 is 2.68 bits per heavy atom. The zero-order valence-electron chi connectivity index (χ0n) is 14.4. The van der Waals surface area contributed by atoms with E-state index in [2.05, 4.69) is 4.72 Å². The minimum atomic E-state index is -3.71. The van der Waals surface area contributed by atoms with Crippen LogP contribution >= 0.6 is 11.3 Å². The summed E-state index contributed by atoms with van der Waals surface area (Å²) < 4.78 is 28.4. The van der Waals surface area contributed by atoms with Gasteiger partial charge < -0.3 is 4.90 Å². The standard InChI is InChI=1S/C18H22N2O3S2/c1-3-14-8-6-7-13(2)17(14)19-25(22,23)16-11-15(12-24-16)18(21)20-9-4-5-10-20/h6-8,11-12,19H,3-5,9-10H2,1-2H3. The molecule has 1 aliphatic rings. The number of carbonyl (C=O) groups is 1. The minimum absolute atomic E-state index is 0.0830. The number of anilines is 1. The van der Waals surface area contributed by atoms with Gasteiger partial charge in [-0.05, 0) is 43.4 Å². The van der Waals surface area contributed by atoms with E-state index < -0.39 is 10.0 Å². The number of thiophene rings is 1. The number of sulfonamides is 1. The second-order valence-electron chi connectivity index (χ2n) is 6.22. The first-order chi connectivity index (χ1) is 11.9. The maximum absolute atomic E-state index is 12.8. The third-order valence-corrected chi connectivity index (χ3v) is 7.25. The summed E-state index contributed by atoms with van der Waals surface area (Å²) in [6.07, 6.45) is 2.76. The lowest BCUT2D eigenvalue weighted by molar-refractivity contribution is 0.0793. The van der Waals surface area contributed by atoms with E-state index in [4.69, 9.17) is 0 Å². The molecule has 134 valence electrons. The normalized spacial score (nSPS) is 14.7. The third kappa shape index (κ3) is 3.72. The molecular weight excluding hydrogens is 356 g/mol. The fourth-order valence-electron chi connectivity index (χ4n) is 3.03. The summed E-state index contributed by atoms with van der Waals surface area (Å²) in [5, 5.41) is 1.63. The summed E-state index contributed by atoms with van der Waals surface area (Å²) in [5.41, 5.74) is 2.92. The van der Waals surface area contributed by atoms with Crippen molar-refractivity contribution < 1.29 is 13.2 Å². The number of carbonyl (C=O) groups excluding carboxylic acids is 1. The Morgan fingerprint density at radius 2 is 2.00 bits per heavy atom. The molecule has 2 aromatic rings. The summed E-state index contributed by atoms with van der Waals surface area (Å²) >= 11 is 1.08. The SMILES string of the molecule is CCc1cccc(C)c1NS(=O)(=O)c1cc(C(=O)N2CCCC2)cs1. The van der Waals surface area contributed by atoms with Crippen molar-refractivity contribution in [3.63, 3.8) is 0 Å². The second-order valence-corrected chi connectivity index (χ2v) is 9.04. The van der Waals surface area contributed by atoms with Crippen molar-refractivity contribution in [2.45, 2.75) is 37.3 Å². The van der Waals surface area contributed by atoms with Crippen LogP contribution in [-0.4, -0.2) is 32.3 Å². The number of hydrogen-bond donors (Lipinski definition) is 1. The molecule has 1 amide bonds. The molecule has 1 aliphatic heterocycles. The largest absolute Gasteiger partial charge is 0.339 e. The highest BCUT2D eigenvalue weighted by molar-refractivity contribution is 7.94. The Labute approximate surface area is 152 Å². The quantitative estimate of drug-likeness (QED) is 0.863. The molecule has 0 unspecified atom stereocenters. The highest BCUT2D eigenvalue weighted by atomic mass is 32.2. The summed E-state index contributed by atoms with van der Waals surface area (Å²) in [6.45, 7) is 5.37. The van der Waals surface area contributed by atoms with Gasteiger partial charge in [-0.2, -0.15) is 0 Å². The first-order valence-corrected chi connectivity index (χ1v) is 10.8. The number of nitrogens with one attached hydrogen (secondary N) is 1. The molecule has 1 aromatic heterocycles. The van der Waals surface area contributed by atoms with Crippen LogP contribution in [0.25, 0.3) is 0 Å². The number of aryl methyl sites for hydroxylation is 2. The third-order valence-electron chi connectivity index (χ3n) is 4.46. The van der Waals surface area contributed by atoms with E-state index in [0.29, 0.717) is 11.3 Å². The zero-order chi connectivity index (χ0) is 18.0. The van der Waals surface area contributed by atoms with Gasteiger partial charge in [0.2, 0.25) is 0 Å². The average molecular weight is 379 g/mol. The molecular formula is C18H22N2O3S2. The topological polar surface area (TPSA) is 66.5 Å². The monoisotopic (exact) mass is 378 g/mol. The highest BCUT2D eigenvalue weighted by Gasteiger charge is 2.24. The van der Waals surface area contributed by atoms with Crippen molar-refractivity contribution in [1.29, 1.82) is 0 Å². The van der Waals surface area contributed by atoms with Crippen LogP contribution in [0.3, 0.4) is 0 Å². The van der Waals surface area contributed by atoms with Crippen molar-refractivity contribution in [2.75, 3.05) is 17.8 Å². The van der Waals surface area contributed by atoms with Crippen molar-refractivity contribution >= 4 is 33.0 Å². The number of para-hydroxylation sites is 1. The Morgan fingerprint density at radius 1 is 1.28 bits per heavy atom. The molecule has 1 fully saturated rings. The zero-order valence-corrected chi connectivity index (χ0v) is 16.0. The van der Waals surface area contributed by atoms with Gasteiger partial charge in [-0.25, -0.2) is 8.42 Å². The van der Waals surface area contributed by atoms with Crippen LogP contribution in [0.4, 0.5) is 5.69 Å². The number of hydrogen-bond acceptors (Lipinski definition) is 4. The Hall–Kier alpha value is -1.86. The lowest BCUT2D eigenvalue weighted by Crippen LogP contribution is -2.27. The molecule has 0 atom stereocenters. The predicted molar refractivity (Wildman–Crippen MR) is 101 cm³/mol. The van der Waals surface area contributed by atoms with E-state index in [1.807, 2.05) is 32.0 Å². The van der Waals surface area contributed by atoms with Crippen LogP contribution in [0.2, 0.25) is 0 Å². The first-order valence-electron chi connectivity index (χ1n) is 8.41. The maximum Gasteiger partial charge on any atom is 0.271 e. The van der Waals surface area contributed by atoms with Gasteiger partial charge in [-0.15, -0.1) is 11.3 Å². The number of nitrogens with zero attached hydrogens (tertiary/aromatic N) is 1. The molecule has 2 heterocycles. The van der Waals surface area contributed by atoms with Crippen LogP contribution in [0.15, 0.2) is 33.9 Å². The van der Waals surface area contributed by atoms with Gasteiger partial charge in [-0.1, -0.05) is 25.1 Å². The van der Waals surface area contributed by atoms with E-state index in [1.165, 1.54) is 6.07 Å². The van der Waals surface area contributed by atoms with E-state index in [0.717, 1.165) is 54.8 Å². The van der Waals surface area contributed by atoms with E-state index in [9.17, 15) is 13.2 Å². The highest BCUT2D eigenvalue weighted by Crippen LogP contribution is 2.28. The van der Waals surface area contributed by atoms with Gasteiger partial charge in [0.1, 0.15) is 4.21 Å². The van der Waals surface area contributed by atoms with Gasteiger partial charge in [0, 0.05) is 18.5 Å². The van der Waals surface area contributed by atoms with Crippen molar-refractivity contribution in [1.82, 2.24) is 4.90 Å². The molecule has 0 radical (unpaired) electrons. The molecule has 0 aliphatic carbocycles. The molecule has 0 spiro atoms. The van der Waals surface area contributed by atoms with Crippen LogP contribution in [0.1, 0.15) is 41.3 Å². The van der Waals surface area contributed by atoms with Crippen molar-refractivity contribution in [2.24, 2.45) is 0 Å². The van der Waals surface area contributed by atoms with E-state index in [1.54, 1.807) is 10.3 Å². The Balaban J connectivity index is 1.85. The predicted octanol–water partition coefficient (Wildman–Crippen LogP) is 3.66. The average Bonchev–Trinajstić information content (AvgIpc) is 3.28. The maximum atomic E-state index is 12.8. The summed E-state index contributed by atoms with van der Waals surface area (Å²) in [4.78, 5) is 14.2. The molecule has 0 saturated carbocycles. The van der Waals surface area contributed by atoms with E-state index in [-0.39, 0.29) is 10.1 Å². The summed E-state index contributed by atoms with van der Waals surface area (Å²) in [6, 6.07) is 7.21. The molecule has 1 N–H and O–H groups in total. The Kier molecular flexibility index (Phi) is 5.15. The van der Waals surface area contributed by atoms with Crippen LogP contribution in [0.5, 0.6) is 0 Å². The van der Waals surface area contributed by atoms with Crippen molar-refractivity contribution in [3.05, 3.63) is 46.3 Å². The molecule has 1 saturated heterocycles. The lowest BCUT2D eigenvalue weighted by atomic mass is 10.1. The van der Waals surface area contributed by atoms with Crippen LogP contribution in [0, 0.1) is 6.92 Å². The molecule has 5 nitrogen and oxygen atoms in total. The smallest absolute Gasteiger partial charge is 0.271 e. The second kappa shape index (κ2) is 7.17. The summed E-state index contributed by atoms with van der Waals surface area (Å²) in [7, 11) is -3.71. The first kappa shape index (κ1) is 17.9. The lowest BCUT2D eigenvalue weighted by Gasteiger charge is -2.14. The van der Waals surface area contributed by atoms with E-state index >= 15 is 0 Å². The molecule has 25 heavy (non-hydrogen) atoms. The van der Waals surface area contributed by atoms with Gasteiger partial charge in [0.05, 0.1) is 11.3 Å². The Bertz CT molecular complexity index is 881. The summed E-state index contributed by atoms with van der Waals surface area (Å²) in [5.74, 6) is -0.0830. The van der Waals surface area contributed by atoms with Gasteiger partial charge in [0.15, 0.2) is 0 Å². The number of amides is 1. The molecule has 1 aromatic carbocycles. The number of benzene rings is 1. The van der Waals surface area contributed by atoms with Gasteiger partial charge in [0.25, 0.3) is 15.9 Å². The van der Waals surface area contributed by atoms with Gasteiger partial charge in [-0.3, -0.25) is 9.52 Å². The van der Waals surface area contributed by atoms with Gasteiger partial charge >= 0.3 is 0 Å². The number of likely N-dealkylation sites (tertiary alicyclic amines) is 1. The van der Waals surface area contributed by atoms with Crippen LogP contribution < -0.4 is 4.72 Å².